The number of rotatable bonds is 5. The molecule has 4 heterocycles. The Bertz CT molecular complexity index is 1200. The molecule has 1 aromatic heterocycles. The molecule has 0 saturated carbocycles. The quantitative estimate of drug-likeness (QED) is 0.170. The molecule has 15 nitrogen and oxygen atoms in total. The van der Waals surface area contributed by atoms with Gasteiger partial charge in [-0.2, -0.15) is 10.2 Å². The summed E-state index contributed by atoms with van der Waals surface area (Å²) in [7, 11) is 4.92. The van der Waals surface area contributed by atoms with Crippen molar-refractivity contribution in [1.29, 1.82) is 0 Å². The Morgan fingerprint density at radius 3 is 1.56 bits per heavy atom. The number of piperidine rings is 1. The molecule has 0 radical (unpaired) electrons. The Morgan fingerprint density at radius 1 is 0.815 bits per heavy atom. The van der Waals surface area contributed by atoms with Crippen molar-refractivity contribution in [3.63, 3.8) is 0 Å². The molecule has 9 N–H and O–H groups in total. The molecule has 1 amide bonds. The SMILES string of the molecule is C1CCNCC1.CCOc1ccc(C)cc1.CNC(=O)O.CNCc1ccnnc1.COc1ccc(C)cc1.O=CO.OC1CCNC1.OC1CCNC1. The number of hydrogen-bond acceptors (Lipinski definition) is 12. The van der Waals surface area contributed by atoms with Crippen LogP contribution in [0.5, 0.6) is 11.5 Å². The first-order valence-electron chi connectivity index (χ1n) is 18.2. The lowest BCUT2D eigenvalue weighted by Gasteiger charge is -2.08. The average molecular weight is 762 g/mol. The van der Waals surface area contributed by atoms with Gasteiger partial charge in [0.05, 0.1) is 32.1 Å². The van der Waals surface area contributed by atoms with Gasteiger partial charge in [-0.1, -0.05) is 41.8 Å². The molecule has 306 valence electrons. The highest BCUT2D eigenvalue weighted by Crippen LogP contribution is 2.11. The zero-order chi connectivity index (χ0) is 40.7. The van der Waals surface area contributed by atoms with E-state index in [0.717, 1.165) is 69.2 Å². The van der Waals surface area contributed by atoms with Gasteiger partial charge in [-0.05, 0) is 116 Å². The van der Waals surface area contributed by atoms with Crippen LogP contribution >= 0.6 is 0 Å². The van der Waals surface area contributed by atoms with Crippen LogP contribution < -0.4 is 36.1 Å². The van der Waals surface area contributed by atoms with Gasteiger partial charge in [-0.25, -0.2) is 4.79 Å². The van der Waals surface area contributed by atoms with Crippen LogP contribution in [0, 0.1) is 13.8 Å². The van der Waals surface area contributed by atoms with E-state index in [4.69, 9.17) is 34.7 Å². The summed E-state index contributed by atoms with van der Waals surface area (Å²) >= 11 is 0. The molecule has 3 saturated heterocycles. The van der Waals surface area contributed by atoms with Crippen molar-refractivity contribution in [3.05, 3.63) is 83.7 Å². The van der Waals surface area contributed by atoms with E-state index < -0.39 is 6.09 Å². The highest BCUT2D eigenvalue weighted by molar-refractivity contribution is 5.63. The molecule has 0 spiro atoms. The summed E-state index contributed by atoms with van der Waals surface area (Å²) in [5.74, 6) is 1.87. The number of methoxy groups -OCH3 is 1. The molecular weight excluding hydrogens is 694 g/mol. The van der Waals surface area contributed by atoms with Crippen molar-refractivity contribution in [2.75, 3.05) is 67.1 Å². The van der Waals surface area contributed by atoms with Gasteiger partial charge in [-0.15, -0.1) is 0 Å². The average Bonchev–Trinajstić information content (AvgIpc) is 3.89. The summed E-state index contributed by atoms with van der Waals surface area (Å²) in [5.41, 5.74) is 3.69. The largest absolute Gasteiger partial charge is 0.497 e. The number of nitrogens with zero attached hydrogens (tertiary/aromatic N) is 2. The molecule has 3 fully saturated rings. The van der Waals surface area contributed by atoms with Crippen molar-refractivity contribution < 1.29 is 39.5 Å². The van der Waals surface area contributed by atoms with Gasteiger partial charge in [0.25, 0.3) is 6.47 Å². The van der Waals surface area contributed by atoms with Crippen LogP contribution in [0.15, 0.2) is 67.0 Å². The molecule has 15 heteroatoms. The van der Waals surface area contributed by atoms with E-state index in [9.17, 15) is 4.79 Å². The Hall–Kier alpha value is -4.38. The molecular formula is C39H67N7O8. The first-order valence-corrected chi connectivity index (χ1v) is 18.2. The number of aliphatic hydroxyl groups is 2. The topological polar surface area (TPSA) is 219 Å². The normalized spacial score (nSPS) is 16.0. The third kappa shape index (κ3) is 36.0. The Kier molecular flexibility index (Phi) is 36.7. The zero-order valence-corrected chi connectivity index (χ0v) is 33.1. The number of carboxylic acid groups (broad SMARTS) is 2. The summed E-state index contributed by atoms with van der Waals surface area (Å²) in [6.45, 7) is 13.5. The van der Waals surface area contributed by atoms with Crippen molar-refractivity contribution in [1.82, 2.24) is 36.8 Å². The third-order valence-electron chi connectivity index (χ3n) is 7.10. The maximum atomic E-state index is 9.26. The number of β-amino-alcohol motifs (C(OH)–C–C–N with tert-alkyl or cyclic N) is 2. The number of amides is 1. The van der Waals surface area contributed by atoms with Gasteiger partial charge in [0, 0.05) is 32.9 Å². The fourth-order valence-corrected chi connectivity index (χ4v) is 4.18. The Balaban J connectivity index is 0. The number of aliphatic hydroxyl groups excluding tert-OH is 2. The molecule has 54 heavy (non-hydrogen) atoms. The number of nitrogens with one attached hydrogen (secondary N) is 5. The standard InChI is InChI=1S/C9H12O.C8H10O.C6H9N3.C5H11N.2C4H9NO.C2H5NO2.CH2O2/c1-3-10-9-6-4-8(2)5-7-9;1-7-3-5-8(9-2)6-4-7;1-7-4-6-2-3-8-9-5-6;1-2-4-6-5-3-1;2*6-4-1-2-5-3-4;1-3-2(4)5;2-1-3/h4-7H,3H2,1-2H3;3-6H,1-2H3;2-3,5,7H,4H2,1H3;6H,1-5H2;2*4-6H,1-3H2;3H,1H3,(H,4,5);1H,(H,2,3). The Morgan fingerprint density at radius 2 is 1.30 bits per heavy atom. The lowest BCUT2D eigenvalue weighted by Crippen LogP contribution is -2.21. The van der Waals surface area contributed by atoms with Crippen molar-refractivity contribution >= 4 is 12.6 Å². The fraction of sp³-hybridized carbons (Fsp3) is 0.538. The van der Waals surface area contributed by atoms with Crippen LogP contribution in [0.2, 0.25) is 0 Å². The molecule has 3 aliphatic rings. The first-order chi connectivity index (χ1) is 26.1. The smallest absolute Gasteiger partial charge is 0.404 e. The summed E-state index contributed by atoms with van der Waals surface area (Å²) in [6, 6.07) is 18.0. The van der Waals surface area contributed by atoms with Crippen LogP contribution in [-0.4, -0.2) is 122 Å². The van der Waals surface area contributed by atoms with E-state index in [-0.39, 0.29) is 18.7 Å². The highest BCUT2D eigenvalue weighted by Gasteiger charge is 2.08. The minimum atomic E-state index is -0.995. The van der Waals surface area contributed by atoms with Gasteiger partial charge < -0.3 is 56.5 Å². The van der Waals surface area contributed by atoms with Crippen LogP contribution in [0.4, 0.5) is 4.79 Å². The van der Waals surface area contributed by atoms with E-state index in [1.165, 1.54) is 50.5 Å². The van der Waals surface area contributed by atoms with Crippen LogP contribution in [0.1, 0.15) is 55.7 Å². The third-order valence-corrected chi connectivity index (χ3v) is 7.10. The van der Waals surface area contributed by atoms with Gasteiger partial charge in [-0.3, -0.25) is 4.79 Å². The summed E-state index contributed by atoms with van der Waals surface area (Å²) in [5, 5.41) is 53.5. The molecule has 0 aliphatic carbocycles. The lowest BCUT2D eigenvalue weighted by atomic mass is 10.2. The maximum Gasteiger partial charge on any atom is 0.404 e. The molecule has 2 atom stereocenters. The second-order valence-corrected chi connectivity index (χ2v) is 11.8. The van der Waals surface area contributed by atoms with Gasteiger partial charge in [0.15, 0.2) is 0 Å². The van der Waals surface area contributed by atoms with Gasteiger partial charge >= 0.3 is 6.09 Å². The van der Waals surface area contributed by atoms with E-state index in [1.54, 1.807) is 19.5 Å². The number of aryl methyl sites for hydroxylation is 2. The maximum absolute atomic E-state index is 9.26. The molecule has 6 rings (SSSR count). The minimum Gasteiger partial charge on any atom is -0.497 e. The minimum absolute atomic E-state index is 0.0648. The second-order valence-electron chi connectivity index (χ2n) is 11.8. The van der Waals surface area contributed by atoms with Gasteiger partial charge in [0.2, 0.25) is 0 Å². The highest BCUT2D eigenvalue weighted by atomic mass is 16.5. The number of aromatic nitrogens is 2. The van der Waals surface area contributed by atoms with Crippen LogP contribution in [-0.2, 0) is 11.3 Å². The molecule has 2 aromatic carbocycles. The predicted octanol–water partition coefficient (Wildman–Crippen LogP) is 3.62. The first kappa shape index (κ1) is 51.7. The second kappa shape index (κ2) is 38.3. The molecule has 2 unspecified atom stereocenters. The van der Waals surface area contributed by atoms with E-state index >= 15 is 0 Å². The van der Waals surface area contributed by atoms with Crippen LogP contribution in [0.3, 0.4) is 0 Å². The van der Waals surface area contributed by atoms with Crippen LogP contribution in [0.25, 0.3) is 0 Å². The summed E-state index contributed by atoms with van der Waals surface area (Å²) < 4.78 is 10.2. The summed E-state index contributed by atoms with van der Waals surface area (Å²) in [6.07, 6.45) is 8.39. The molecule has 3 aliphatic heterocycles. The molecule has 0 bridgehead atoms. The van der Waals surface area contributed by atoms with Crippen molar-refractivity contribution in [3.8, 4) is 11.5 Å². The zero-order valence-electron chi connectivity index (χ0n) is 33.1. The number of carbonyl (C=O) groups is 2. The Labute approximate surface area is 322 Å². The van der Waals surface area contributed by atoms with E-state index in [1.807, 2.05) is 73.9 Å². The van der Waals surface area contributed by atoms with Crippen molar-refractivity contribution in [2.24, 2.45) is 0 Å². The predicted molar refractivity (Wildman–Crippen MR) is 214 cm³/mol. The van der Waals surface area contributed by atoms with Gasteiger partial charge in [0.1, 0.15) is 11.5 Å². The fourth-order valence-electron chi connectivity index (χ4n) is 4.18. The monoisotopic (exact) mass is 762 g/mol. The van der Waals surface area contributed by atoms with E-state index in [2.05, 4.69) is 45.3 Å². The summed E-state index contributed by atoms with van der Waals surface area (Å²) in [4.78, 5) is 17.6. The lowest BCUT2D eigenvalue weighted by molar-refractivity contribution is -0.122. The molecule has 3 aromatic rings. The number of benzene rings is 2. The number of hydrogen-bond donors (Lipinski definition) is 9. The van der Waals surface area contributed by atoms with Crippen molar-refractivity contribution in [2.45, 2.75) is 71.6 Å². The van der Waals surface area contributed by atoms with E-state index in [0.29, 0.717) is 0 Å². The number of ether oxygens (including phenoxy) is 2.